The average molecular weight is 226 g/mol. The minimum Gasteiger partial charge on any atom is -0.314 e. The standard InChI is InChI=1S/C13H19N.ClH/c1-2-6-12(7-3-1)9-10-13-8-4-5-11-14-13;/h1-3,6-7,13-14H,4-5,8-11H2;1H/t13-;/m0./s1. The Morgan fingerprint density at radius 1 is 1.13 bits per heavy atom. The molecule has 84 valence electrons. The molecule has 0 saturated carbocycles. The van der Waals surface area contributed by atoms with Crippen LogP contribution in [-0.2, 0) is 6.42 Å². The van der Waals surface area contributed by atoms with Crippen LogP contribution in [0.3, 0.4) is 0 Å². The smallest absolute Gasteiger partial charge is 0.00702 e. The van der Waals surface area contributed by atoms with Gasteiger partial charge in [-0.1, -0.05) is 36.8 Å². The number of hydrogen-bond acceptors (Lipinski definition) is 1. The molecule has 1 aromatic rings. The molecule has 0 spiro atoms. The van der Waals surface area contributed by atoms with Gasteiger partial charge in [0.05, 0.1) is 0 Å². The van der Waals surface area contributed by atoms with Crippen molar-refractivity contribution in [1.82, 2.24) is 5.32 Å². The number of hydrogen-bond donors (Lipinski definition) is 1. The lowest BCUT2D eigenvalue weighted by molar-refractivity contribution is 0.383. The molecule has 1 fully saturated rings. The second-order valence-electron chi connectivity index (χ2n) is 4.17. The molecule has 1 aliphatic heterocycles. The van der Waals surface area contributed by atoms with Crippen molar-refractivity contribution < 1.29 is 0 Å². The quantitative estimate of drug-likeness (QED) is 0.833. The van der Waals surface area contributed by atoms with E-state index in [1.54, 1.807) is 0 Å². The van der Waals surface area contributed by atoms with Crippen LogP contribution in [-0.4, -0.2) is 12.6 Å². The van der Waals surface area contributed by atoms with Crippen LogP contribution in [0.15, 0.2) is 30.3 Å². The number of rotatable bonds is 3. The summed E-state index contributed by atoms with van der Waals surface area (Å²) in [6, 6.07) is 11.6. The minimum absolute atomic E-state index is 0. The largest absolute Gasteiger partial charge is 0.314 e. The summed E-state index contributed by atoms with van der Waals surface area (Å²) in [7, 11) is 0. The van der Waals surface area contributed by atoms with Crippen molar-refractivity contribution in [3.63, 3.8) is 0 Å². The number of nitrogens with one attached hydrogen (secondary N) is 1. The van der Waals surface area contributed by atoms with Crippen LogP contribution in [0.1, 0.15) is 31.2 Å². The molecule has 1 heterocycles. The fourth-order valence-electron chi connectivity index (χ4n) is 2.16. The highest BCUT2D eigenvalue weighted by molar-refractivity contribution is 5.85. The van der Waals surface area contributed by atoms with Gasteiger partial charge < -0.3 is 5.32 Å². The van der Waals surface area contributed by atoms with Crippen molar-refractivity contribution >= 4 is 12.4 Å². The molecule has 1 aromatic carbocycles. The number of benzene rings is 1. The molecular formula is C13H20ClN. The third-order valence-corrected chi connectivity index (χ3v) is 3.04. The second kappa shape index (κ2) is 6.86. The first-order valence-corrected chi connectivity index (χ1v) is 5.72. The predicted molar refractivity (Wildman–Crippen MR) is 67.7 cm³/mol. The molecule has 1 N–H and O–H groups in total. The topological polar surface area (TPSA) is 12.0 Å². The van der Waals surface area contributed by atoms with E-state index in [4.69, 9.17) is 0 Å². The molecule has 2 heteroatoms. The minimum atomic E-state index is 0. The second-order valence-corrected chi connectivity index (χ2v) is 4.17. The molecule has 2 rings (SSSR count). The normalized spacial score (nSPS) is 20.7. The summed E-state index contributed by atoms with van der Waals surface area (Å²) in [6.45, 7) is 1.22. The Bertz CT molecular complexity index is 254. The Balaban J connectivity index is 0.00000112. The van der Waals surface area contributed by atoms with Gasteiger partial charge in [-0.15, -0.1) is 12.4 Å². The van der Waals surface area contributed by atoms with Gasteiger partial charge in [0.15, 0.2) is 0 Å². The Kier molecular flexibility index (Phi) is 5.74. The van der Waals surface area contributed by atoms with Gasteiger partial charge in [-0.2, -0.15) is 0 Å². The first kappa shape index (κ1) is 12.5. The molecule has 1 nitrogen and oxygen atoms in total. The summed E-state index contributed by atoms with van der Waals surface area (Å²) >= 11 is 0. The van der Waals surface area contributed by atoms with E-state index >= 15 is 0 Å². The Hall–Kier alpha value is -0.530. The van der Waals surface area contributed by atoms with E-state index < -0.39 is 0 Å². The fourth-order valence-corrected chi connectivity index (χ4v) is 2.16. The highest BCUT2D eigenvalue weighted by Crippen LogP contribution is 2.13. The van der Waals surface area contributed by atoms with E-state index in [9.17, 15) is 0 Å². The van der Waals surface area contributed by atoms with Crippen LogP contribution in [0.5, 0.6) is 0 Å². The lowest BCUT2D eigenvalue weighted by Gasteiger charge is -2.23. The van der Waals surface area contributed by atoms with Crippen molar-refractivity contribution in [2.24, 2.45) is 0 Å². The molecule has 0 amide bonds. The Morgan fingerprint density at radius 2 is 1.93 bits per heavy atom. The average Bonchev–Trinajstić information content (AvgIpc) is 2.29. The van der Waals surface area contributed by atoms with Gasteiger partial charge >= 0.3 is 0 Å². The SMILES string of the molecule is Cl.c1ccc(CC[C@@H]2CCCCN2)cc1. The third-order valence-electron chi connectivity index (χ3n) is 3.04. The van der Waals surface area contributed by atoms with Crippen molar-refractivity contribution in [1.29, 1.82) is 0 Å². The van der Waals surface area contributed by atoms with E-state index in [-0.39, 0.29) is 12.4 Å². The van der Waals surface area contributed by atoms with Gasteiger partial charge in [-0.25, -0.2) is 0 Å². The zero-order valence-corrected chi connectivity index (χ0v) is 9.93. The lowest BCUT2D eigenvalue weighted by Crippen LogP contribution is -2.34. The highest BCUT2D eigenvalue weighted by Gasteiger charge is 2.11. The molecule has 0 radical (unpaired) electrons. The summed E-state index contributed by atoms with van der Waals surface area (Å²) in [5.41, 5.74) is 1.47. The van der Waals surface area contributed by atoms with E-state index in [0.717, 1.165) is 6.04 Å². The fraction of sp³-hybridized carbons (Fsp3) is 0.538. The Labute approximate surface area is 98.7 Å². The first-order chi connectivity index (χ1) is 6.95. The highest BCUT2D eigenvalue weighted by atomic mass is 35.5. The maximum atomic E-state index is 3.59. The molecular weight excluding hydrogens is 206 g/mol. The zero-order chi connectivity index (χ0) is 9.64. The van der Waals surface area contributed by atoms with Crippen LogP contribution >= 0.6 is 12.4 Å². The van der Waals surface area contributed by atoms with E-state index in [1.165, 1.54) is 44.2 Å². The maximum absolute atomic E-state index is 3.59. The van der Waals surface area contributed by atoms with Crippen LogP contribution in [0.2, 0.25) is 0 Å². The zero-order valence-electron chi connectivity index (χ0n) is 9.11. The molecule has 1 atom stereocenters. The molecule has 0 aliphatic carbocycles. The summed E-state index contributed by atoms with van der Waals surface area (Å²) in [5.74, 6) is 0. The number of piperidine rings is 1. The number of aryl methyl sites for hydroxylation is 1. The summed E-state index contributed by atoms with van der Waals surface area (Å²) in [4.78, 5) is 0. The van der Waals surface area contributed by atoms with E-state index in [0.29, 0.717) is 0 Å². The lowest BCUT2D eigenvalue weighted by atomic mass is 9.98. The van der Waals surface area contributed by atoms with Gasteiger partial charge in [0, 0.05) is 6.04 Å². The molecule has 15 heavy (non-hydrogen) atoms. The van der Waals surface area contributed by atoms with Crippen LogP contribution in [0.25, 0.3) is 0 Å². The van der Waals surface area contributed by atoms with Crippen molar-refractivity contribution in [3.8, 4) is 0 Å². The molecule has 1 aliphatic rings. The van der Waals surface area contributed by atoms with Gasteiger partial charge in [0.25, 0.3) is 0 Å². The molecule has 0 unspecified atom stereocenters. The van der Waals surface area contributed by atoms with Crippen LogP contribution in [0, 0.1) is 0 Å². The Morgan fingerprint density at radius 3 is 2.60 bits per heavy atom. The third kappa shape index (κ3) is 4.23. The van der Waals surface area contributed by atoms with Gasteiger partial charge in [0.2, 0.25) is 0 Å². The van der Waals surface area contributed by atoms with Gasteiger partial charge in [-0.05, 0) is 37.8 Å². The predicted octanol–water partition coefficient (Wildman–Crippen LogP) is 3.18. The molecule has 0 bridgehead atoms. The van der Waals surface area contributed by atoms with Gasteiger partial charge in [0.1, 0.15) is 0 Å². The maximum Gasteiger partial charge on any atom is 0.00702 e. The van der Waals surface area contributed by atoms with Crippen LogP contribution in [0.4, 0.5) is 0 Å². The summed E-state index contributed by atoms with van der Waals surface area (Å²) < 4.78 is 0. The van der Waals surface area contributed by atoms with Crippen molar-refractivity contribution in [2.45, 2.75) is 38.1 Å². The van der Waals surface area contributed by atoms with Gasteiger partial charge in [-0.3, -0.25) is 0 Å². The molecule has 0 aromatic heterocycles. The van der Waals surface area contributed by atoms with Crippen LogP contribution < -0.4 is 5.32 Å². The summed E-state index contributed by atoms with van der Waals surface area (Å²) in [5, 5.41) is 3.59. The van der Waals surface area contributed by atoms with Crippen molar-refractivity contribution in [2.75, 3.05) is 6.54 Å². The van der Waals surface area contributed by atoms with E-state index in [2.05, 4.69) is 35.6 Å². The van der Waals surface area contributed by atoms with Crippen molar-refractivity contribution in [3.05, 3.63) is 35.9 Å². The molecule has 1 saturated heterocycles. The monoisotopic (exact) mass is 225 g/mol. The van der Waals surface area contributed by atoms with E-state index in [1.807, 2.05) is 0 Å². The first-order valence-electron chi connectivity index (χ1n) is 5.72. The summed E-state index contributed by atoms with van der Waals surface area (Å²) in [6.07, 6.45) is 6.66. The number of halogens is 1.